The van der Waals surface area contributed by atoms with E-state index in [1.807, 2.05) is 19.1 Å². The van der Waals surface area contributed by atoms with Crippen LogP contribution in [-0.2, 0) is 11.2 Å². The summed E-state index contributed by atoms with van der Waals surface area (Å²) in [7, 11) is 0. The fourth-order valence-corrected chi connectivity index (χ4v) is 1.17. The third kappa shape index (κ3) is 2.61. The molecule has 0 radical (unpaired) electrons. The summed E-state index contributed by atoms with van der Waals surface area (Å²) in [5, 5.41) is 8.75. The summed E-state index contributed by atoms with van der Waals surface area (Å²) >= 11 is 0. The quantitative estimate of drug-likeness (QED) is 0.776. The molecule has 3 heteroatoms. The van der Waals surface area contributed by atoms with Crippen molar-refractivity contribution < 1.29 is 14.3 Å². The van der Waals surface area contributed by atoms with Gasteiger partial charge in [0, 0.05) is 6.42 Å². The molecule has 1 N–H and O–H groups in total. The van der Waals surface area contributed by atoms with Crippen LogP contribution >= 0.6 is 0 Å². The molecule has 0 amide bonds. The molecule has 72 valence electrons. The summed E-state index contributed by atoms with van der Waals surface area (Å²) in [5.74, 6) is -0.131. The minimum atomic E-state index is -0.751. The summed E-state index contributed by atoms with van der Waals surface area (Å²) in [6, 6.07) is 3.68. The van der Waals surface area contributed by atoms with Gasteiger partial charge >= 0.3 is 5.97 Å². The van der Waals surface area contributed by atoms with Gasteiger partial charge in [-0.2, -0.15) is 0 Å². The fraction of sp³-hybridized carbons (Fsp3) is 0.500. The highest BCUT2D eigenvalue weighted by Gasteiger charge is 2.20. The van der Waals surface area contributed by atoms with Crippen molar-refractivity contribution in [3.05, 3.63) is 24.2 Å². The lowest BCUT2D eigenvalue weighted by Gasteiger charge is -2.13. The molecule has 0 saturated carbocycles. The fourth-order valence-electron chi connectivity index (χ4n) is 1.17. The van der Waals surface area contributed by atoms with E-state index < -0.39 is 5.97 Å². The third-order valence-corrected chi connectivity index (χ3v) is 2.35. The number of rotatable bonds is 4. The molecule has 0 saturated heterocycles. The van der Waals surface area contributed by atoms with E-state index in [1.54, 1.807) is 13.2 Å². The summed E-state index contributed by atoms with van der Waals surface area (Å²) in [5.41, 5.74) is 0. The average molecular weight is 182 g/mol. The number of carbonyl (C=O) groups is 1. The molecule has 0 aliphatic heterocycles. The topological polar surface area (TPSA) is 50.4 Å². The van der Waals surface area contributed by atoms with Crippen LogP contribution in [0.3, 0.4) is 0 Å². The lowest BCUT2D eigenvalue weighted by molar-refractivity contribution is -0.142. The van der Waals surface area contributed by atoms with Crippen molar-refractivity contribution in [2.75, 3.05) is 0 Å². The van der Waals surface area contributed by atoms with E-state index in [0.717, 1.165) is 5.76 Å². The van der Waals surface area contributed by atoms with Crippen LogP contribution in [-0.4, -0.2) is 11.1 Å². The van der Waals surface area contributed by atoms with E-state index in [-0.39, 0.29) is 11.8 Å². The number of hydrogen-bond donors (Lipinski definition) is 1. The Kier molecular flexibility index (Phi) is 3.12. The van der Waals surface area contributed by atoms with Crippen LogP contribution in [0.4, 0.5) is 0 Å². The van der Waals surface area contributed by atoms with Gasteiger partial charge in [0.25, 0.3) is 0 Å². The van der Waals surface area contributed by atoms with Crippen molar-refractivity contribution in [3.63, 3.8) is 0 Å². The molecular weight excluding hydrogens is 168 g/mol. The van der Waals surface area contributed by atoms with Gasteiger partial charge in [-0.05, 0) is 18.1 Å². The highest BCUT2D eigenvalue weighted by atomic mass is 16.4. The van der Waals surface area contributed by atoms with Gasteiger partial charge in [0.1, 0.15) is 5.76 Å². The maximum atomic E-state index is 10.6. The predicted molar refractivity (Wildman–Crippen MR) is 48.4 cm³/mol. The normalized spacial score (nSPS) is 15.2. The van der Waals surface area contributed by atoms with Gasteiger partial charge in [-0.1, -0.05) is 13.8 Å². The number of furan rings is 1. The van der Waals surface area contributed by atoms with Crippen molar-refractivity contribution >= 4 is 5.97 Å². The molecule has 0 aromatic carbocycles. The van der Waals surface area contributed by atoms with E-state index >= 15 is 0 Å². The van der Waals surface area contributed by atoms with E-state index in [4.69, 9.17) is 9.52 Å². The number of carboxylic acids is 1. The Morgan fingerprint density at radius 2 is 2.31 bits per heavy atom. The monoisotopic (exact) mass is 182 g/mol. The van der Waals surface area contributed by atoms with Crippen LogP contribution in [0.25, 0.3) is 0 Å². The van der Waals surface area contributed by atoms with E-state index in [0.29, 0.717) is 6.42 Å². The Bertz CT molecular complexity index is 264. The molecule has 0 fully saturated rings. The Balaban J connectivity index is 2.50. The molecule has 2 atom stereocenters. The Hall–Kier alpha value is -1.25. The van der Waals surface area contributed by atoms with Crippen molar-refractivity contribution in [2.24, 2.45) is 11.8 Å². The Morgan fingerprint density at radius 1 is 1.62 bits per heavy atom. The molecule has 1 aromatic heterocycles. The lowest BCUT2D eigenvalue weighted by Crippen LogP contribution is -2.19. The molecule has 1 heterocycles. The number of aliphatic carboxylic acids is 1. The molecule has 13 heavy (non-hydrogen) atoms. The summed E-state index contributed by atoms with van der Waals surface area (Å²) < 4.78 is 5.14. The predicted octanol–water partition coefficient (Wildman–Crippen LogP) is 2.18. The molecular formula is C10H14O3. The first-order valence-corrected chi connectivity index (χ1v) is 4.36. The molecule has 0 aliphatic carbocycles. The number of hydrogen-bond acceptors (Lipinski definition) is 2. The summed E-state index contributed by atoms with van der Waals surface area (Å²) in [6.45, 7) is 3.64. The van der Waals surface area contributed by atoms with Gasteiger partial charge in [0.05, 0.1) is 12.2 Å². The average Bonchev–Trinajstić information content (AvgIpc) is 2.55. The first kappa shape index (κ1) is 9.84. The molecule has 0 aliphatic rings. The highest BCUT2D eigenvalue weighted by Crippen LogP contribution is 2.17. The largest absolute Gasteiger partial charge is 0.481 e. The zero-order valence-electron chi connectivity index (χ0n) is 7.86. The maximum absolute atomic E-state index is 10.6. The van der Waals surface area contributed by atoms with Crippen molar-refractivity contribution in [1.29, 1.82) is 0 Å². The zero-order chi connectivity index (χ0) is 9.84. The van der Waals surface area contributed by atoms with Crippen molar-refractivity contribution in [1.82, 2.24) is 0 Å². The summed E-state index contributed by atoms with van der Waals surface area (Å²) in [4.78, 5) is 10.6. The van der Waals surface area contributed by atoms with Crippen LogP contribution in [0.1, 0.15) is 19.6 Å². The second-order valence-corrected chi connectivity index (χ2v) is 3.39. The zero-order valence-corrected chi connectivity index (χ0v) is 7.86. The van der Waals surface area contributed by atoms with Crippen LogP contribution in [0.2, 0.25) is 0 Å². The van der Waals surface area contributed by atoms with E-state index in [9.17, 15) is 4.79 Å². The third-order valence-electron chi connectivity index (χ3n) is 2.35. The maximum Gasteiger partial charge on any atom is 0.306 e. The van der Waals surface area contributed by atoms with Crippen molar-refractivity contribution in [2.45, 2.75) is 20.3 Å². The SMILES string of the molecule is CC(Cc1ccco1)C(C)C(=O)O. The van der Waals surface area contributed by atoms with Crippen LogP contribution in [0.5, 0.6) is 0 Å². The van der Waals surface area contributed by atoms with Gasteiger partial charge in [-0.25, -0.2) is 0 Å². The minimum Gasteiger partial charge on any atom is -0.481 e. The second-order valence-electron chi connectivity index (χ2n) is 3.39. The van der Waals surface area contributed by atoms with Gasteiger partial charge < -0.3 is 9.52 Å². The van der Waals surface area contributed by atoms with Gasteiger partial charge in [0.2, 0.25) is 0 Å². The second kappa shape index (κ2) is 4.12. The smallest absolute Gasteiger partial charge is 0.306 e. The van der Waals surface area contributed by atoms with Crippen molar-refractivity contribution in [3.8, 4) is 0 Å². The number of carboxylic acid groups (broad SMARTS) is 1. The van der Waals surface area contributed by atoms with Gasteiger partial charge in [0.15, 0.2) is 0 Å². The highest BCUT2D eigenvalue weighted by molar-refractivity contribution is 5.69. The van der Waals surface area contributed by atoms with Gasteiger partial charge in [-0.15, -0.1) is 0 Å². The van der Waals surface area contributed by atoms with E-state index in [2.05, 4.69) is 0 Å². The van der Waals surface area contributed by atoms with Crippen LogP contribution in [0, 0.1) is 11.8 Å². The standard InChI is InChI=1S/C10H14O3/c1-7(8(2)10(11)12)6-9-4-3-5-13-9/h3-5,7-8H,6H2,1-2H3,(H,11,12). The summed E-state index contributed by atoms with van der Waals surface area (Å²) in [6.07, 6.45) is 2.29. The van der Waals surface area contributed by atoms with Crippen LogP contribution in [0.15, 0.2) is 22.8 Å². The molecule has 1 rings (SSSR count). The molecule has 0 bridgehead atoms. The van der Waals surface area contributed by atoms with Crippen LogP contribution < -0.4 is 0 Å². The lowest BCUT2D eigenvalue weighted by atomic mass is 9.92. The first-order valence-electron chi connectivity index (χ1n) is 4.36. The molecule has 0 spiro atoms. The minimum absolute atomic E-state index is 0.101. The molecule has 2 unspecified atom stereocenters. The molecule has 3 nitrogen and oxygen atoms in total. The van der Waals surface area contributed by atoms with Gasteiger partial charge in [-0.3, -0.25) is 4.79 Å². The molecule has 1 aromatic rings. The first-order chi connectivity index (χ1) is 6.11. The Labute approximate surface area is 77.4 Å². The van der Waals surface area contributed by atoms with E-state index in [1.165, 1.54) is 0 Å². The Morgan fingerprint density at radius 3 is 2.77 bits per heavy atom.